The lowest BCUT2D eigenvalue weighted by atomic mass is 10.1. The molecule has 4 rings (SSSR count). The SMILES string of the molecule is CCOc1cc2c(cc1C=CC(=O)Nc1ccc(S(=O)(=O)N=C3CCCN3C)cc1)OC(C)C2. The molecule has 1 saturated heterocycles. The lowest BCUT2D eigenvalue weighted by Gasteiger charge is -2.11. The Hall–Kier alpha value is -3.33. The molecule has 180 valence electrons. The highest BCUT2D eigenvalue weighted by molar-refractivity contribution is 7.90. The van der Waals surface area contributed by atoms with Gasteiger partial charge in [0.1, 0.15) is 23.4 Å². The van der Waals surface area contributed by atoms with E-state index in [1.165, 1.54) is 18.2 Å². The van der Waals surface area contributed by atoms with Gasteiger partial charge in [-0.05, 0) is 62.7 Å². The van der Waals surface area contributed by atoms with Crippen LogP contribution < -0.4 is 14.8 Å². The van der Waals surface area contributed by atoms with Gasteiger partial charge >= 0.3 is 0 Å². The highest BCUT2D eigenvalue weighted by Crippen LogP contribution is 2.35. The van der Waals surface area contributed by atoms with Crippen molar-refractivity contribution in [1.29, 1.82) is 0 Å². The molecule has 0 spiro atoms. The first-order valence-corrected chi connectivity index (χ1v) is 12.8. The molecule has 2 aliphatic rings. The molecule has 2 aromatic rings. The van der Waals surface area contributed by atoms with Gasteiger partial charge in [-0.1, -0.05) is 0 Å². The first kappa shape index (κ1) is 23.8. The van der Waals surface area contributed by atoms with Crippen molar-refractivity contribution in [3.05, 3.63) is 53.6 Å². The molecule has 0 aromatic heterocycles. The van der Waals surface area contributed by atoms with Gasteiger partial charge in [0.25, 0.3) is 10.0 Å². The molecule has 2 aromatic carbocycles. The van der Waals surface area contributed by atoms with E-state index in [1.54, 1.807) is 18.2 Å². The molecule has 8 nitrogen and oxygen atoms in total. The molecule has 1 unspecified atom stereocenters. The molecule has 34 heavy (non-hydrogen) atoms. The van der Waals surface area contributed by atoms with Crippen LogP contribution in [0.3, 0.4) is 0 Å². The molecule has 1 atom stereocenters. The monoisotopic (exact) mass is 483 g/mol. The maximum atomic E-state index is 12.6. The number of anilines is 1. The summed E-state index contributed by atoms with van der Waals surface area (Å²) in [6, 6.07) is 9.84. The van der Waals surface area contributed by atoms with Gasteiger partial charge in [0.05, 0.1) is 11.5 Å². The Kier molecular flexibility index (Phi) is 6.92. The van der Waals surface area contributed by atoms with Crippen molar-refractivity contribution >= 4 is 33.5 Å². The van der Waals surface area contributed by atoms with Crippen molar-refractivity contribution in [2.75, 3.05) is 25.5 Å². The molecule has 0 radical (unpaired) electrons. The van der Waals surface area contributed by atoms with Gasteiger partial charge in [0.2, 0.25) is 5.91 Å². The third kappa shape index (κ3) is 5.41. The minimum absolute atomic E-state index is 0.0857. The fourth-order valence-corrected chi connectivity index (χ4v) is 5.12. The molecular formula is C25H29N3O5S. The summed E-state index contributed by atoms with van der Waals surface area (Å²) in [6.45, 7) is 5.24. The number of nitrogens with zero attached hydrogens (tertiary/aromatic N) is 2. The Labute approximate surface area is 200 Å². The summed E-state index contributed by atoms with van der Waals surface area (Å²) in [5, 5.41) is 2.75. The Bertz CT molecular complexity index is 1240. The number of benzene rings is 2. The number of hydrogen-bond acceptors (Lipinski definition) is 5. The minimum Gasteiger partial charge on any atom is -0.493 e. The Morgan fingerprint density at radius 2 is 2.06 bits per heavy atom. The summed E-state index contributed by atoms with van der Waals surface area (Å²) in [5.74, 6) is 1.73. The number of carbonyl (C=O) groups excluding carboxylic acids is 1. The van der Waals surface area contributed by atoms with Crippen molar-refractivity contribution in [3.63, 3.8) is 0 Å². The highest BCUT2D eigenvalue weighted by Gasteiger charge is 2.22. The molecule has 2 aliphatic heterocycles. The summed E-state index contributed by atoms with van der Waals surface area (Å²) in [5.41, 5.74) is 2.33. The number of likely N-dealkylation sites (tertiary alicyclic amines) is 1. The standard InChI is InChI=1S/C25H29N3O5S/c1-4-32-22-16-19-14-17(2)33-23(19)15-18(22)7-12-25(29)26-20-8-10-21(11-9-20)34(30,31)27-24-6-5-13-28(24)3/h7-12,15-17H,4-6,13-14H2,1-3H3,(H,26,29). The van der Waals surface area contributed by atoms with Gasteiger partial charge in [-0.2, -0.15) is 8.42 Å². The molecule has 9 heteroatoms. The molecule has 0 saturated carbocycles. The quantitative estimate of drug-likeness (QED) is 0.601. The van der Waals surface area contributed by atoms with Crippen LogP contribution in [-0.2, 0) is 21.2 Å². The predicted octanol–water partition coefficient (Wildman–Crippen LogP) is 3.87. The molecular weight excluding hydrogens is 454 g/mol. The Balaban J connectivity index is 1.44. The maximum absolute atomic E-state index is 12.6. The van der Waals surface area contributed by atoms with Gasteiger partial charge < -0.3 is 19.7 Å². The van der Waals surface area contributed by atoms with Crippen molar-refractivity contribution in [2.24, 2.45) is 4.40 Å². The largest absolute Gasteiger partial charge is 0.493 e. The smallest absolute Gasteiger partial charge is 0.283 e. The number of nitrogens with one attached hydrogen (secondary N) is 1. The van der Waals surface area contributed by atoms with E-state index in [0.717, 1.165) is 36.3 Å². The van der Waals surface area contributed by atoms with E-state index < -0.39 is 10.0 Å². The Morgan fingerprint density at radius 3 is 2.74 bits per heavy atom. The number of carbonyl (C=O) groups is 1. The average molecular weight is 484 g/mol. The van der Waals surface area contributed by atoms with Gasteiger partial charge in [-0.25, -0.2) is 0 Å². The highest BCUT2D eigenvalue weighted by atomic mass is 32.2. The summed E-state index contributed by atoms with van der Waals surface area (Å²) in [4.78, 5) is 14.4. The van der Waals surface area contributed by atoms with Crippen molar-refractivity contribution in [1.82, 2.24) is 4.90 Å². The van der Waals surface area contributed by atoms with Crippen molar-refractivity contribution in [2.45, 2.75) is 44.1 Å². The van der Waals surface area contributed by atoms with E-state index in [0.29, 0.717) is 30.3 Å². The maximum Gasteiger partial charge on any atom is 0.283 e. The zero-order chi connectivity index (χ0) is 24.3. The van der Waals surface area contributed by atoms with Crippen LogP contribution >= 0.6 is 0 Å². The third-order valence-corrected chi connectivity index (χ3v) is 7.04. The van der Waals surface area contributed by atoms with Crippen molar-refractivity contribution in [3.8, 4) is 11.5 Å². The molecule has 0 bridgehead atoms. The number of hydrogen-bond donors (Lipinski definition) is 1. The van der Waals surface area contributed by atoms with Crippen LogP contribution in [0.2, 0.25) is 0 Å². The fourth-order valence-electron chi connectivity index (χ4n) is 4.03. The first-order chi connectivity index (χ1) is 16.2. The van der Waals surface area contributed by atoms with E-state index in [2.05, 4.69) is 9.71 Å². The van der Waals surface area contributed by atoms with E-state index in [4.69, 9.17) is 9.47 Å². The van der Waals surface area contributed by atoms with Gasteiger partial charge in [-0.15, -0.1) is 4.40 Å². The second-order valence-corrected chi connectivity index (χ2v) is 10.0. The summed E-state index contributed by atoms with van der Waals surface area (Å²) in [7, 11) is -1.96. The van der Waals surface area contributed by atoms with E-state index in [-0.39, 0.29) is 16.9 Å². The molecule has 1 amide bonds. The number of amidine groups is 1. The Morgan fingerprint density at radius 1 is 1.29 bits per heavy atom. The summed E-state index contributed by atoms with van der Waals surface area (Å²) >= 11 is 0. The molecule has 2 heterocycles. The third-order valence-electron chi connectivity index (χ3n) is 5.72. The lowest BCUT2D eigenvalue weighted by molar-refractivity contribution is -0.111. The summed E-state index contributed by atoms with van der Waals surface area (Å²) in [6.07, 6.45) is 5.58. The zero-order valence-corrected chi connectivity index (χ0v) is 20.4. The van der Waals surface area contributed by atoms with Gasteiger partial charge in [0, 0.05) is 49.3 Å². The minimum atomic E-state index is -3.79. The van der Waals surface area contributed by atoms with Crippen LogP contribution in [0.1, 0.15) is 37.8 Å². The van der Waals surface area contributed by atoms with Crippen LogP contribution in [0, 0.1) is 0 Å². The number of amides is 1. The van der Waals surface area contributed by atoms with Crippen LogP contribution in [0.4, 0.5) is 5.69 Å². The fraction of sp³-hybridized carbons (Fsp3) is 0.360. The van der Waals surface area contributed by atoms with Crippen LogP contribution in [0.25, 0.3) is 6.08 Å². The lowest BCUT2D eigenvalue weighted by Crippen LogP contribution is -2.20. The van der Waals surface area contributed by atoms with Crippen LogP contribution in [0.5, 0.6) is 11.5 Å². The summed E-state index contributed by atoms with van der Waals surface area (Å²) < 4.78 is 40.7. The molecule has 0 aliphatic carbocycles. The van der Waals surface area contributed by atoms with E-state index in [9.17, 15) is 13.2 Å². The first-order valence-electron chi connectivity index (χ1n) is 11.4. The number of sulfonamides is 1. The number of rotatable bonds is 7. The number of fused-ring (bicyclic) bond motifs is 1. The normalized spacial score (nSPS) is 18.9. The second-order valence-electron chi connectivity index (χ2n) is 8.42. The predicted molar refractivity (Wildman–Crippen MR) is 132 cm³/mol. The second kappa shape index (κ2) is 9.89. The van der Waals surface area contributed by atoms with Gasteiger partial charge in [0.15, 0.2) is 0 Å². The molecule has 1 N–H and O–H groups in total. The van der Waals surface area contributed by atoms with Crippen LogP contribution in [0.15, 0.2) is 51.8 Å². The van der Waals surface area contributed by atoms with Crippen molar-refractivity contribution < 1.29 is 22.7 Å². The van der Waals surface area contributed by atoms with E-state index >= 15 is 0 Å². The van der Waals surface area contributed by atoms with E-state index in [1.807, 2.05) is 37.9 Å². The topological polar surface area (TPSA) is 97.3 Å². The zero-order valence-electron chi connectivity index (χ0n) is 19.6. The van der Waals surface area contributed by atoms with Gasteiger partial charge in [-0.3, -0.25) is 4.79 Å². The molecule has 1 fully saturated rings. The average Bonchev–Trinajstić information content (AvgIpc) is 3.36. The van der Waals surface area contributed by atoms with Crippen LogP contribution in [-0.4, -0.2) is 51.4 Å². The number of ether oxygens (including phenoxy) is 2.